The molecule has 0 unspecified atom stereocenters. The molecule has 1 aromatic heterocycles. The van der Waals surface area contributed by atoms with Crippen LogP contribution < -0.4 is 4.74 Å². The molecule has 25 heavy (non-hydrogen) atoms. The van der Waals surface area contributed by atoms with E-state index in [1.165, 1.54) is 0 Å². The number of hydrogen-bond donors (Lipinski definition) is 0. The first-order chi connectivity index (χ1) is 12.0. The molecule has 0 spiro atoms. The molecule has 1 aliphatic heterocycles. The first kappa shape index (κ1) is 17.0. The molecule has 7 nitrogen and oxygen atoms in total. The normalized spacial score (nSPS) is 17.5. The second-order valence-electron chi connectivity index (χ2n) is 6.08. The molecule has 2 heterocycles. The highest BCUT2D eigenvalue weighted by Crippen LogP contribution is 2.28. The highest BCUT2D eigenvalue weighted by Gasteiger charge is 2.33. The van der Waals surface area contributed by atoms with Crippen LogP contribution in [0.2, 0.25) is 0 Å². The molecular formula is C18H21N3O4. The largest absolute Gasteiger partial charge is 0.497 e. The molecule has 0 saturated carbocycles. The molecule has 0 radical (unpaired) electrons. The fourth-order valence-corrected chi connectivity index (χ4v) is 3.08. The van der Waals surface area contributed by atoms with Gasteiger partial charge in [0.25, 0.3) is 5.91 Å². The molecule has 2 amide bonds. The summed E-state index contributed by atoms with van der Waals surface area (Å²) in [5.41, 5.74) is 1.26. The quantitative estimate of drug-likeness (QED) is 0.852. The summed E-state index contributed by atoms with van der Waals surface area (Å²) in [6, 6.07) is 8.99. The van der Waals surface area contributed by atoms with Crippen molar-refractivity contribution in [3.05, 3.63) is 47.3 Å². The van der Waals surface area contributed by atoms with Crippen molar-refractivity contribution in [2.75, 3.05) is 26.7 Å². The van der Waals surface area contributed by atoms with E-state index in [1.807, 2.05) is 24.3 Å². The zero-order valence-electron chi connectivity index (χ0n) is 14.6. The highest BCUT2D eigenvalue weighted by molar-refractivity contribution is 5.92. The van der Waals surface area contributed by atoms with Crippen LogP contribution in [0.25, 0.3) is 0 Å². The average molecular weight is 343 g/mol. The first-order valence-corrected chi connectivity index (χ1v) is 8.13. The van der Waals surface area contributed by atoms with Crippen LogP contribution in [0, 0.1) is 6.92 Å². The molecule has 1 atom stereocenters. The number of piperazine rings is 1. The summed E-state index contributed by atoms with van der Waals surface area (Å²) in [7, 11) is 1.61. The summed E-state index contributed by atoms with van der Waals surface area (Å²) in [5.74, 6) is 1.15. The molecule has 0 aliphatic carbocycles. The first-order valence-electron chi connectivity index (χ1n) is 8.13. The van der Waals surface area contributed by atoms with Crippen LogP contribution in [0.4, 0.5) is 0 Å². The van der Waals surface area contributed by atoms with E-state index in [-0.39, 0.29) is 17.9 Å². The lowest BCUT2D eigenvalue weighted by atomic mass is 10.0. The summed E-state index contributed by atoms with van der Waals surface area (Å²) in [6.45, 7) is 4.66. The number of nitrogens with zero attached hydrogens (tertiary/aromatic N) is 3. The Balaban J connectivity index is 1.84. The van der Waals surface area contributed by atoms with Crippen molar-refractivity contribution >= 4 is 11.8 Å². The van der Waals surface area contributed by atoms with Crippen molar-refractivity contribution in [2.24, 2.45) is 0 Å². The number of rotatable bonds is 3. The summed E-state index contributed by atoms with van der Waals surface area (Å²) in [4.78, 5) is 28.2. The van der Waals surface area contributed by atoms with Gasteiger partial charge in [0.05, 0.1) is 13.2 Å². The molecule has 1 aromatic carbocycles. The maximum absolute atomic E-state index is 12.6. The maximum atomic E-state index is 12.6. The summed E-state index contributed by atoms with van der Waals surface area (Å²) < 4.78 is 10.2. The summed E-state index contributed by atoms with van der Waals surface area (Å²) in [5, 5.41) is 3.80. The van der Waals surface area contributed by atoms with Gasteiger partial charge >= 0.3 is 0 Å². The number of amides is 2. The Labute approximate surface area is 146 Å². The molecule has 1 fully saturated rings. The smallest absolute Gasteiger partial charge is 0.276 e. The Bertz CT molecular complexity index is 769. The van der Waals surface area contributed by atoms with E-state index in [4.69, 9.17) is 9.26 Å². The summed E-state index contributed by atoms with van der Waals surface area (Å²) >= 11 is 0. The minimum absolute atomic E-state index is 0.00908. The Kier molecular flexibility index (Phi) is 4.74. The predicted octanol–water partition coefficient (Wildman–Crippen LogP) is 2.04. The Hall–Kier alpha value is -2.83. The fourth-order valence-electron chi connectivity index (χ4n) is 3.08. The van der Waals surface area contributed by atoms with Gasteiger partial charge in [-0.1, -0.05) is 17.3 Å². The van der Waals surface area contributed by atoms with Crippen molar-refractivity contribution in [3.8, 4) is 5.75 Å². The van der Waals surface area contributed by atoms with E-state index >= 15 is 0 Å². The number of carbonyl (C=O) groups excluding carboxylic acids is 2. The number of hydrogen-bond acceptors (Lipinski definition) is 5. The molecular weight excluding hydrogens is 322 g/mol. The third-order valence-electron chi connectivity index (χ3n) is 4.42. The third-order valence-corrected chi connectivity index (χ3v) is 4.42. The SMILES string of the molecule is COc1ccc([C@@H]2CN(C(=O)c3cc(C)on3)CCN2C(C)=O)cc1. The summed E-state index contributed by atoms with van der Waals surface area (Å²) in [6.07, 6.45) is 0. The highest BCUT2D eigenvalue weighted by atomic mass is 16.5. The number of benzene rings is 1. The fraction of sp³-hybridized carbons (Fsp3) is 0.389. The van der Waals surface area contributed by atoms with Crippen molar-refractivity contribution in [1.82, 2.24) is 15.0 Å². The number of carbonyl (C=O) groups is 2. The monoisotopic (exact) mass is 343 g/mol. The van der Waals surface area contributed by atoms with Crippen LogP contribution in [0.3, 0.4) is 0 Å². The van der Waals surface area contributed by atoms with Crippen LogP contribution in [0.1, 0.15) is 34.8 Å². The van der Waals surface area contributed by atoms with Crippen LogP contribution in [-0.4, -0.2) is 53.5 Å². The molecule has 3 rings (SSSR count). The van der Waals surface area contributed by atoms with Crippen LogP contribution >= 0.6 is 0 Å². The zero-order chi connectivity index (χ0) is 18.0. The lowest BCUT2D eigenvalue weighted by molar-refractivity contribution is -0.133. The molecule has 0 bridgehead atoms. The van der Waals surface area contributed by atoms with Crippen LogP contribution in [-0.2, 0) is 4.79 Å². The van der Waals surface area contributed by atoms with E-state index in [1.54, 1.807) is 36.8 Å². The van der Waals surface area contributed by atoms with Crippen LogP contribution in [0.15, 0.2) is 34.9 Å². The minimum atomic E-state index is -0.200. The molecule has 7 heteroatoms. The van der Waals surface area contributed by atoms with Gasteiger partial charge in [-0.15, -0.1) is 0 Å². The number of ether oxygens (including phenoxy) is 1. The number of aryl methyl sites for hydroxylation is 1. The van der Waals surface area contributed by atoms with Crippen molar-refractivity contribution in [1.29, 1.82) is 0 Å². The number of aromatic nitrogens is 1. The van der Waals surface area contributed by atoms with Gasteiger partial charge in [-0.05, 0) is 24.6 Å². The third kappa shape index (κ3) is 3.50. The standard InChI is InChI=1S/C18H21N3O4/c1-12-10-16(19-25-12)18(23)20-8-9-21(13(2)22)17(11-20)14-4-6-15(24-3)7-5-14/h4-7,10,17H,8-9,11H2,1-3H3/t17-/m0/s1. The van der Waals surface area contributed by atoms with Gasteiger partial charge in [-0.25, -0.2) is 0 Å². The van der Waals surface area contributed by atoms with Crippen molar-refractivity contribution in [2.45, 2.75) is 19.9 Å². The van der Waals surface area contributed by atoms with Gasteiger partial charge in [0.2, 0.25) is 5.91 Å². The van der Waals surface area contributed by atoms with E-state index in [0.29, 0.717) is 31.1 Å². The van der Waals surface area contributed by atoms with Crippen LogP contribution in [0.5, 0.6) is 5.75 Å². The second kappa shape index (κ2) is 6.96. The average Bonchev–Trinajstić information content (AvgIpc) is 3.07. The van der Waals surface area contributed by atoms with Gasteiger partial charge < -0.3 is 19.1 Å². The molecule has 1 aliphatic rings. The Morgan fingerprint density at radius 2 is 1.96 bits per heavy atom. The van der Waals surface area contributed by atoms with E-state index in [2.05, 4.69) is 5.16 Å². The second-order valence-corrected chi connectivity index (χ2v) is 6.08. The van der Waals surface area contributed by atoms with Crippen molar-refractivity contribution in [3.63, 3.8) is 0 Å². The van der Waals surface area contributed by atoms with Gasteiger partial charge in [0, 0.05) is 32.6 Å². The van der Waals surface area contributed by atoms with E-state index in [0.717, 1.165) is 11.3 Å². The van der Waals surface area contributed by atoms with Gasteiger partial charge in [-0.2, -0.15) is 0 Å². The topological polar surface area (TPSA) is 75.9 Å². The van der Waals surface area contributed by atoms with E-state index < -0.39 is 0 Å². The molecule has 2 aromatic rings. The lowest BCUT2D eigenvalue weighted by Crippen LogP contribution is -2.51. The maximum Gasteiger partial charge on any atom is 0.276 e. The molecule has 0 N–H and O–H groups in total. The van der Waals surface area contributed by atoms with E-state index in [9.17, 15) is 9.59 Å². The molecule has 1 saturated heterocycles. The van der Waals surface area contributed by atoms with Crippen molar-refractivity contribution < 1.29 is 18.8 Å². The van der Waals surface area contributed by atoms with Gasteiger partial charge in [0.15, 0.2) is 5.69 Å². The Morgan fingerprint density at radius 1 is 1.24 bits per heavy atom. The minimum Gasteiger partial charge on any atom is -0.497 e. The zero-order valence-corrected chi connectivity index (χ0v) is 14.6. The lowest BCUT2D eigenvalue weighted by Gasteiger charge is -2.41. The number of methoxy groups -OCH3 is 1. The predicted molar refractivity (Wildman–Crippen MR) is 90.3 cm³/mol. The Morgan fingerprint density at radius 3 is 2.52 bits per heavy atom. The van der Waals surface area contributed by atoms with Gasteiger partial charge in [0.1, 0.15) is 11.5 Å². The van der Waals surface area contributed by atoms with Gasteiger partial charge in [-0.3, -0.25) is 9.59 Å². The molecule has 132 valence electrons.